The molecule has 2 N–H and O–H groups in total. The van der Waals surface area contributed by atoms with Gasteiger partial charge in [-0.25, -0.2) is 0 Å². The molecule has 1 rings (SSSR count). The molecule has 0 aliphatic heterocycles. The molecule has 0 aromatic heterocycles. The first kappa shape index (κ1) is 13.5. The van der Waals surface area contributed by atoms with Gasteiger partial charge in [0.25, 0.3) is 0 Å². The lowest BCUT2D eigenvalue weighted by Gasteiger charge is -2.17. The highest BCUT2D eigenvalue weighted by atomic mass is 16.5. The van der Waals surface area contributed by atoms with E-state index in [4.69, 9.17) is 14.9 Å². The zero-order valence-corrected chi connectivity index (χ0v) is 10.4. The fraction of sp³-hybridized carbons (Fsp3) is 0.462. The minimum atomic E-state index is -0.910. The van der Waals surface area contributed by atoms with Crippen LogP contribution in [0.4, 0.5) is 0 Å². The van der Waals surface area contributed by atoms with Gasteiger partial charge >= 0.3 is 5.97 Å². The van der Waals surface area contributed by atoms with Gasteiger partial charge in [-0.2, -0.15) is 0 Å². The smallest absolute Gasteiger partial charge is 0.311 e. The number of carboxylic acid groups (broad SMARTS) is 1. The van der Waals surface area contributed by atoms with Crippen molar-refractivity contribution >= 4 is 5.97 Å². The van der Waals surface area contributed by atoms with Crippen LogP contribution in [0.15, 0.2) is 12.1 Å². The Morgan fingerprint density at radius 1 is 1.35 bits per heavy atom. The molecule has 4 nitrogen and oxygen atoms in total. The number of benzene rings is 1. The van der Waals surface area contributed by atoms with Crippen LogP contribution in [0.1, 0.15) is 29.0 Å². The first-order valence-corrected chi connectivity index (χ1v) is 5.50. The number of methoxy groups -OCH3 is 1. The van der Waals surface area contributed by atoms with Gasteiger partial charge in [0.1, 0.15) is 5.75 Å². The maximum atomic E-state index is 11.2. The van der Waals surface area contributed by atoms with Crippen LogP contribution >= 0.6 is 0 Å². The number of hydrogen-bond donors (Lipinski definition) is 2. The highest BCUT2D eigenvalue weighted by Gasteiger charge is 2.22. The van der Waals surface area contributed by atoms with Gasteiger partial charge in [-0.05, 0) is 43.0 Å². The Bertz CT molecular complexity index is 412. The maximum Gasteiger partial charge on any atom is 0.311 e. The number of carbonyl (C=O) groups is 1. The summed E-state index contributed by atoms with van der Waals surface area (Å²) in [4.78, 5) is 11.2. The van der Waals surface area contributed by atoms with Crippen LogP contribution in [0.2, 0.25) is 0 Å². The van der Waals surface area contributed by atoms with Crippen LogP contribution in [0.25, 0.3) is 0 Å². The number of rotatable bonds is 5. The molecule has 0 spiro atoms. The Kier molecular flexibility index (Phi) is 4.52. The topological polar surface area (TPSA) is 66.8 Å². The largest absolute Gasteiger partial charge is 0.496 e. The van der Waals surface area contributed by atoms with E-state index in [9.17, 15) is 4.79 Å². The number of aliphatic carboxylic acids is 1. The van der Waals surface area contributed by atoms with E-state index in [2.05, 4.69) is 0 Å². The zero-order valence-electron chi connectivity index (χ0n) is 10.4. The molecule has 0 aliphatic rings. The number of aliphatic hydroxyl groups is 1. The molecule has 0 heterocycles. The molecule has 17 heavy (non-hydrogen) atoms. The second-order valence-corrected chi connectivity index (χ2v) is 4.01. The Morgan fingerprint density at radius 3 is 2.47 bits per heavy atom. The summed E-state index contributed by atoms with van der Waals surface area (Å²) in [6, 6.07) is 3.53. The van der Waals surface area contributed by atoms with Crippen molar-refractivity contribution in [1.82, 2.24) is 0 Å². The van der Waals surface area contributed by atoms with Crippen molar-refractivity contribution in [3.63, 3.8) is 0 Å². The molecule has 1 aromatic carbocycles. The van der Waals surface area contributed by atoms with Crippen LogP contribution in [-0.2, 0) is 4.79 Å². The average Bonchev–Trinajstić information content (AvgIpc) is 2.30. The van der Waals surface area contributed by atoms with Crippen molar-refractivity contribution in [3.05, 3.63) is 28.8 Å². The zero-order chi connectivity index (χ0) is 13.0. The first-order chi connectivity index (χ1) is 8.02. The van der Waals surface area contributed by atoms with Gasteiger partial charge < -0.3 is 14.9 Å². The van der Waals surface area contributed by atoms with Crippen LogP contribution < -0.4 is 4.74 Å². The summed E-state index contributed by atoms with van der Waals surface area (Å²) in [6.07, 6.45) is 0.224. The summed E-state index contributed by atoms with van der Waals surface area (Å²) < 4.78 is 5.18. The van der Waals surface area contributed by atoms with Crippen molar-refractivity contribution in [1.29, 1.82) is 0 Å². The minimum Gasteiger partial charge on any atom is -0.496 e. The monoisotopic (exact) mass is 238 g/mol. The summed E-state index contributed by atoms with van der Waals surface area (Å²) in [5.74, 6) is -0.823. The third-order valence-corrected chi connectivity index (χ3v) is 3.09. The minimum absolute atomic E-state index is 0.137. The highest BCUT2D eigenvalue weighted by Crippen LogP contribution is 2.30. The molecule has 0 bridgehead atoms. The average molecular weight is 238 g/mol. The summed E-state index contributed by atoms with van der Waals surface area (Å²) in [5.41, 5.74) is 2.59. The summed E-state index contributed by atoms with van der Waals surface area (Å²) in [5, 5.41) is 18.1. The van der Waals surface area contributed by atoms with Crippen LogP contribution in [0.5, 0.6) is 5.75 Å². The van der Waals surface area contributed by atoms with Crippen LogP contribution in [-0.4, -0.2) is 29.9 Å². The van der Waals surface area contributed by atoms with E-state index >= 15 is 0 Å². The predicted molar refractivity (Wildman–Crippen MR) is 64.5 cm³/mol. The van der Waals surface area contributed by atoms with Crippen molar-refractivity contribution < 1.29 is 19.7 Å². The number of aliphatic hydroxyl groups excluding tert-OH is 1. The summed E-state index contributed by atoms with van der Waals surface area (Å²) in [6.45, 7) is 3.64. The van der Waals surface area contributed by atoms with Crippen molar-refractivity contribution in [2.75, 3.05) is 13.7 Å². The van der Waals surface area contributed by atoms with Gasteiger partial charge in [-0.15, -0.1) is 0 Å². The molecule has 0 saturated heterocycles. The van der Waals surface area contributed by atoms with Gasteiger partial charge in [0.15, 0.2) is 0 Å². The Morgan fingerprint density at radius 2 is 2.00 bits per heavy atom. The summed E-state index contributed by atoms with van der Waals surface area (Å²) in [7, 11) is 1.59. The molecule has 1 aromatic rings. The molecule has 0 radical (unpaired) electrons. The van der Waals surface area contributed by atoms with Crippen LogP contribution in [0.3, 0.4) is 0 Å². The van der Waals surface area contributed by atoms with Gasteiger partial charge in [-0.3, -0.25) is 4.79 Å². The van der Waals surface area contributed by atoms with Crippen molar-refractivity contribution in [2.24, 2.45) is 0 Å². The van der Waals surface area contributed by atoms with E-state index in [-0.39, 0.29) is 13.0 Å². The lowest BCUT2D eigenvalue weighted by atomic mass is 9.90. The van der Waals surface area contributed by atoms with E-state index in [1.807, 2.05) is 13.8 Å². The van der Waals surface area contributed by atoms with E-state index in [1.165, 1.54) is 0 Å². The van der Waals surface area contributed by atoms with Crippen molar-refractivity contribution in [2.45, 2.75) is 26.2 Å². The Balaban J connectivity index is 3.21. The molecule has 0 fully saturated rings. The standard InChI is InChI=1S/C13H18O4/c1-8-9(2)12(17-3)5-4-10(8)11(6-7-14)13(15)16/h4-5,11,14H,6-7H2,1-3H3,(H,15,16). The predicted octanol–water partition coefficient (Wildman–Crippen LogP) is 1.86. The number of ether oxygens (including phenoxy) is 1. The Labute approximate surface area is 101 Å². The lowest BCUT2D eigenvalue weighted by Crippen LogP contribution is -2.15. The molecule has 0 amide bonds. The Hall–Kier alpha value is -1.55. The van der Waals surface area contributed by atoms with Gasteiger partial charge in [-0.1, -0.05) is 6.07 Å². The molecule has 1 unspecified atom stereocenters. The van der Waals surface area contributed by atoms with Gasteiger partial charge in [0.05, 0.1) is 13.0 Å². The SMILES string of the molecule is COc1ccc(C(CCO)C(=O)O)c(C)c1C. The quantitative estimate of drug-likeness (QED) is 0.821. The van der Waals surface area contributed by atoms with Crippen molar-refractivity contribution in [3.8, 4) is 5.75 Å². The molecular formula is C13H18O4. The normalized spacial score (nSPS) is 12.2. The van der Waals surface area contributed by atoms with E-state index < -0.39 is 11.9 Å². The van der Waals surface area contributed by atoms with E-state index in [1.54, 1.807) is 19.2 Å². The van der Waals surface area contributed by atoms with E-state index in [0.717, 1.165) is 22.4 Å². The van der Waals surface area contributed by atoms with Gasteiger partial charge in [0, 0.05) is 6.61 Å². The number of hydrogen-bond acceptors (Lipinski definition) is 3. The first-order valence-electron chi connectivity index (χ1n) is 5.50. The molecule has 1 atom stereocenters. The molecule has 0 aliphatic carbocycles. The molecular weight excluding hydrogens is 220 g/mol. The summed E-state index contributed by atoms with van der Waals surface area (Å²) >= 11 is 0. The molecule has 4 heteroatoms. The fourth-order valence-corrected chi connectivity index (χ4v) is 1.96. The second kappa shape index (κ2) is 5.68. The maximum absolute atomic E-state index is 11.2. The second-order valence-electron chi connectivity index (χ2n) is 4.01. The van der Waals surface area contributed by atoms with Crippen LogP contribution in [0, 0.1) is 13.8 Å². The van der Waals surface area contributed by atoms with E-state index in [0.29, 0.717) is 0 Å². The fourth-order valence-electron chi connectivity index (χ4n) is 1.96. The highest BCUT2D eigenvalue weighted by molar-refractivity contribution is 5.77. The van der Waals surface area contributed by atoms with Gasteiger partial charge in [0.2, 0.25) is 0 Å². The molecule has 94 valence electrons. The third-order valence-electron chi connectivity index (χ3n) is 3.09. The lowest BCUT2D eigenvalue weighted by molar-refractivity contribution is -0.139. The number of carboxylic acids is 1. The molecule has 0 saturated carbocycles. The third kappa shape index (κ3) is 2.77.